The zero-order chi connectivity index (χ0) is 19.2. The summed E-state index contributed by atoms with van der Waals surface area (Å²) in [6, 6.07) is 12.9. The van der Waals surface area contributed by atoms with Gasteiger partial charge in [-0.3, -0.25) is 14.4 Å². The highest BCUT2D eigenvalue weighted by Gasteiger charge is 2.36. The first-order valence-corrected chi connectivity index (χ1v) is 9.00. The number of amides is 3. The maximum absolute atomic E-state index is 12.3. The molecule has 0 saturated carbocycles. The molecule has 2 unspecified atom stereocenters. The van der Waals surface area contributed by atoms with Crippen LogP contribution in [0.4, 0.5) is 0 Å². The summed E-state index contributed by atoms with van der Waals surface area (Å²) < 4.78 is 4.99. The minimum atomic E-state index is -0.371. The summed E-state index contributed by atoms with van der Waals surface area (Å²) >= 11 is 0. The Kier molecular flexibility index (Phi) is 5.90. The molecule has 0 spiro atoms. The van der Waals surface area contributed by atoms with Gasteiger partial charge in [0.15, 0.2) is 5.76 Å². The highest BCUT2D eigenvalue weighted by atomic mass is 16.3. The van der Waals surface area contributed by atoms with Crippen LogP contribution in [0, 0.1) is 5.92 Å². The third-order valence-electron chi connectivity index (χ3n) is 4.73. The largest absolute Gasteiger partial charge is 0.459 e. The molecule has 2 atom stereocenters. The second-order valence-corrected chi connectivity index (χ2v) is 6.56. The number of hydrogen-bond donors (Lipinski definition) is 2. The zero-order valence-corrected chi connectivity index (χ0v) is 15.2. The van der Waals surface area contributed by atoms with Gasteiger partial charge in [0, 0.05) is 26.1 Å². The minimum Gasteiger partial charge on any atom is -0.459 e. The van der Waals surface area contributed by atoms with E-state index in [0.29, 0.717) is 13.1 Å². The van der Waals surface area contributed by atoms with Gasteiger partial charge in [0.1, 0.15) is 0 Å². The van der Waals surface area contributed by atoms with E-state index in [0.717, 1.165) is 5.56 Å². The molecule has 0 bridgehead atoms. The number of carbonyl (C=O) groups is 3. The second kappa shape index (κ2) is 8.53. The number of carbonyl (C=O) groups excluding carboxylic acids is 3. The summed E-state index contributed by atoms with van der Waals surface area (Å²) in [5.74, 6) is -0.651. The van der Waals surface area contributed by atoms with Crippen LogP contribution in [-0.4, -0.2) is 42.3 Å². The molecule has 2 N–H and O–H groups in total. The van der Waals surface area contributed by atoms with Crippen molar-refractivity contribution in [3.8, 4) is 0 Å². The first-order valence-electron chi connectivity index (χ1n) is 9.00. The van der Waals surface area contributed by atoms with E-state index in [2.05, 4.69) is 10.6 Å². The van der Waals surface area contributed by atoms with E-state index in [4.69, 9.17) is 4.42 Å². The average Bonchev–Trinajstić information content (AvgIpc) is 3.35. The fraction of sp³-hybridized carbons (Fsp3) is 0.350. The normalized spacial score (nSPS) is 17.6. The predicted octanol–water partition coefficient (Wildman–Crippen LogP) is 1.74. The van der Waals surface area contributed by atoms with E-state index in [9.17, 15) is 14.4 Å². The molecule has 7 nitrogen and oxygen atoms in total. The number of benzene rings is 1. The van der Waals surface area contributed by atoms with Gasteiger partial charge in [-0.2, -0.15) is 0 Å². The summed E-state index contributed by atoms with van der Waals surface area (Å²) in [6.45, 7) is 2.96. The molecule has 142 valence electrons. The van der Waals surface area contributed by atoms with Gasteiger partial charge in [0.25, 0.3) is 5.91 Å². The monoisotopic (exact) mass is 369 g/mol. The van der Waals surface area contributed by atoms with Crippen LogP contribution in [0.5, 0.6) is 0 Å². The van der Waals surface area contributed by atoms with Crippen molar-refractivity contribution in [1.29, 1.82) is 0 Å². The topological polar surface area (TPSA) is 91.7 Å². The fourth-order valence-electron chi connectivity index (χ4n) is 3.19. The Balaban J connectivity index is 1.44. The Morgan fingerprint density at radius 1 is 1.15 bits per heavy atom. The van der Waals surface area contributed by atoms with Crippen molar-refractivity contribution >= 4 is 17.7 Å². The average molecular weight is 369 g/mol. The molecule has 0 aliphatic carbocycles. The predicted molar refractivity (Wildman–Crippen MR) is 98.7 cm³/mol. The lowest BCUT2D eigenvalue weighted by Crippen LogP contribution is -2.38. The van der Waals surface area contributed by atoms with Gasteiger partial charge in [0.2, 0.25) is 11.8 Å². The molecule has 1 fully saturated rings. The Hall–Kier alpha value is -3.09. The van der Waals surface area contributed by atoms with Crippen molar-refractivity contribution in [3.05, 3.63) is 60.1 Å². The van der Waals surface area contributed by atoms with Crippen LogP contribution in [-0.2, 0) is 9.59 Å². The van der Waals surface area contributed by atoms with Gasteiger partial charge >= 0.3 is 0 Å². The van der Waals surface area contributed by atoms with Crippen LogP contribution in [0.15, 0.2) is 53.1 Å². The number of nitrogens with one attached hydrogen (secondary N) is 2. The number of nitrogens with zero attached hydrogens (tertiary/aromatic N) is 1. The molecule has 2 heterocycles. The molecule has 1 aromatic carbocycles. The van der Waals surface area contributed by atoms with Gasteiger partial charge in [-0.1, -0.05) is 30.3 Å². The standard InChI is InChI=1S/C20H23N3O4/c1-14(15-6-3-2-4-7-15)23-13-16(12-18(23)24)19(25)21-9-10-22-20(26)17-8-5-11-27-17/h2-8,11,14,16H,9-10,12-13H2,1H3,(H,21,25)(H,22,26). The first-order chi connectivity index (χ1) is 13.1. The first kappa shape index (κ1) is 18.7. The molecule has 3 rings (SSSR count). The number of rotatable bonds is 7. The Bertz CT molecular complexity index is 789. The highest BCUT2D eigenvalue weighted by Crippen LogP contribution is 2.28. The fourth-order valence-corrected chi connectivity index (χ4v) is 3.19. The van der Waals surface area contributed by atoms with Gasteiger partial charge in [-0.15, -0.1) is 0 Å². The number of furan rings is 1. The summed E-state index contributed by atoms with van der Waals surface area (Å²) in [4.78, 5) is 38.2. The molecule has 3 amide bonds. The van der Waals surface area contributed by atoms with E-state index >= 15 is 0 Å². The smallest absolute Gasteiger partial charge is 0.287 e. The molecule has 1 aliphatic heterocycles. The molecule has 2 aromatic rings. The lowest BCUT2D eigenvalue weighted by Gasteiger charge is -2.25. The second-order valence-electron chi connectivity index (χ2n) is 6.56. The Morgan fingerprint density at radius 3 is 2.59 bits per heavy atom. The lowest BCUT2D eigenvalue weighted by molar-refractivity contribution is -0.130. The molecule has 1 aromatic heterocycles. The number of likely N-dealkylation sites (tertiary alicyclic amines) is 1. The van der Waals surface area contributed by atoms with Gasteiger partial charge in [0.05, 0.1) is 18.2 Å². The van der Waals surface area contributed by atoms with E-state index in [-0.39, 0.29) is 48.4 Å². The van der Waals surface area contributed by atoms with Crippen LogP contribution in [0.2, 0.25) is 0 Å². The molecule has 27 heavy (non-hydrogen) atoms. The van der Waals surface area contributed by atoms with Crippen molar-refractivity contribution in [2.45, 2.75) is 19.4 Å². The summed E-state index contributed by atoms with van der Waals surface area (Å²) in [5, 5.41) is 5.45. The molecular weight excluding hydrogens is 346 g/mol. The van der Waals surface area contributed by atoms with Crippen molar-refractivity contribution in [3.63, 3.8) is 0 Å². The van der Waals surface area contributed by atoms with Crippen molar-refractivity contribution in [2.75, 3.05) is 19.6 Å². The SMILES string of the molecule is CC(c1ccccc1)N1CC(C(=O)NCCNC(=O)c2ccco2)CC1=O. The van der Waals surface area contributed by atoms with Gasteiger partial charge < -0.3 is 20.0 Å². The Labute approximate surface area is 157 Å². The lowest BCUT2D eigenvalue weighted by atomic mass is 10.1. The zero-order valence-electron chi connectivity index (χ0n) is 15.2. The van der Waals surface area contributed by atoms with Gasteiger partial charge in [-0.25, -0.2) is 0 Å². The minimum absolute atomic E-state index is 0.0161. The molecule has 7 heteroatoms. The third kappa shape index (κ3) is 4.55. The highest BCUT2D eigenvalue weighted by molar-refractivity contribution is 5.91. The molecule has 1 saturated heterocycles. The van der Waals surface area contributed by atoms with E-state index in [1.807, 2.05) is 37.3 Å². The maximum Gasteiger partial charge on any atom is 0.287 e. The van der Waals surface area contributed by atoms with Gasteiger partial charge in [-0.05, 0) is 24.6 Å². The quantitative estimate of drug-likeness (QED) is 0.727. The van der Waals surface area contributed by atoms with Crippen LogP contribution >= 0.6 is 0 Å². The summed E-state index contributed by atoms with van der Waals surface area (Å²) in [6.07, 6.45) is 1.64. The molecular formula is C20H23N3O4. The summed E-state index contributed by atoms with van der Waals surface area (Å²) in [5.41, 5.74) is 1.05. The van der Waals surface area contributed by atoms with E-state index in [1.165, 1.54) is 6.26 Å². The molecule has 1 aliphatic rings. The molecule has 0 radical (unpaired) electrons. The van der Waals surface area contributed by atoms with Crippen molar-refractivity contribution < 1.29 is 18.8 Å². The Morgan fingerprint density at radius 2 is 1.89 bits per heavy atom. The number of hydrogen-bond acceptors (Lipinski definition) is 4. The summed E-state index contributed by atoms with van der Waals surface area (Å²) in [7, 11) is 0. The van der Waals surface area contributed by atoms with Crippen molar-refractivity contribution in [1.82, 2.24) is 15.5 Å². The van der Waals surface area contributed by atoms with Crippen LogP contribution in [0.25, 0.3) is 0 Å². The van der Waals surface area contributed by atoms with Crippen LogP contribution < -0.4 is 10.6 Å². The third-order valence-corrected chi connectivity index (χ3v) is 4.73. The van der Waals surface area contributed by atoms with E-state index < -0.39 is 0 Å². The van der Waals surface area contributed by atoms with Crippen molar-refractivity contribution in [2.24, 2.45) is 5.92 Å². The van der Waals surface area contributed by atoms with Crippen LogP contribution in [0.3, 0.4) is 0 Å². The van der Waals surface area contributed by atoms with Crippen LogP contribution in [0.1, 0.15) is 35.5 Å². The van der Waals surface area contributed by atoms with E-state index in [1.54, 1.807) is 17.0 Å². The maximum atomic E-state index is 12.3.